The standard InChI is InChI=1S/C15H21NO4S/c1-10-8-16(9-11(2)20-10)14(17)6-12(7-15(18)19)13-4-3-5-21-13/h3-5,10-12H,6-9H2,1-2H3,(H,18,19)/t10-,11-,12+/m1/s1. The molecule has 0 aromatic carbocycles. The molecule has 1 fully saturated rings. The quantitative estimate of drug-likeness (QED) is 0.906. The molecule has 116 valence electrons. The van der Waals surface area contributed by atoms with E-state index in [1.807, 2.05) is 31.4 Å². The molecule has 1 N–H and O–H groups in total. The number of thiophene rings is 1. The third kappa shape index (κ3) is 4.54. The Bertz CT molecular complexity index is 478. The monoisotopic (exact) mass is 311 g/mol. The van der Waals surface area contributed by atoms with Gasteiger partial charge in [-0.05, 0) is 25.3 Å². The molecule has 1 aromatic rings. The lowest BCUT2D eigenvalue weighted by Gasteiger charge is -2.36. The molecular formula is C15H21NO4S. The number of amides is 1. The van der Waals surface area contributed by atoms with E-state index in [1.165, 1.54) is 11.3 Å². The molecule has 1 aliphatic heterocycles. The fourth-order valence-electron chi connectivity index (χ4n) is 2.73. The van der Waals surface area contributed by atoms with Crippen LogP contribution >= 0.6 is 11.3 Å². The van der Waals surface area contributed by atoms with Gasteiger partial charge in [0.05, 0.1) is 18.6 Å². The van der Waals surface area contributed by atoms with Crippen LogP contribution in [0.3, 0.4) is 0 Å². The van der Waals surface area contributed by atoms with Crippen LogP contribution in [0.2, 0.25) is 0 Å². The Hall–Kier alpha value is -1.40. The van der Waals surface area contributed by atoms with Gasteiger partial charge in [0.1, 0.15) is 0 Å². The summed E-state index contributed by atoms with van der Waals surface area (Å²) in [6.45, 7) is 5.05. The van der Waals surface area contributed by atoms with Gasteiger partial charge >= 0.3 is 5.97 Å². The molecule has 0 aliphatic carbocycles. The molecular weight excluding hydrogens is 290 g/mol. The Labute approximate surface area is 128 Å². The summed E-state index contributed by atoms with van der Waals surface area (Å²) in [6.07, 6.45) is 0.281. The van der Waals surface area contributed by atoms with Crippen molar-refractivity contribution in [3.05, 3.63) is 22.4 Å². The number of carbonyl (C=O) groups is 2. The molecule has 1 amide bonds. The summed E-state index contributed by atoms with van der Waals surface area (Å²) < 4.78 is 5.62. The molecule has 6 heteroatoms. The summed E-state index contributed by atoms with van der Waals surface area (Å²) in [5.41, 5.74) is 0. The lowest BCUT2D eigenvalue weighted by atomic mass is 9.98. The third-order valence-electron chi connectivity index (χ3n) is 3.56. The number of hydrogen-bond acceptors (Lipinski definition) is 4. The first-order chi connectivity index (χ1) is 9.95. The second-order valence-corrected chi connectivity index (χ2v) is 6.55. The Kier molecular flexibility index (Phi) is 5.36. The lowest BCUT2D eigenvalue weighted by Crippen LogP contribution is -2.48. The van der Waals surface area contributed by atoms with Crippen LogP contribution in [0, 0.1) is 0 Å². The summed E-state index contributed by atoms with van der Waals surface area (Å²) in [5.74, 6) is -1.11. The summed E-state index contributed by atoms with van der Waals surface area (Å²) in [5, 5.41) is 11.0. The van der Waals surface area contributed by atoms with Crippen molar-refractivity contribution in [1.82, 2.24) is 4.90 Å². The van der Waals surface area contributed by atoms with Gasteiger partial charge in [-0.25, -0.2) is 0 Å². The Morgan fingerprint density at radius 1 is 1.38 bits per heavy atom. The summed E-state index contributed by atoms with van der Waals surface area (Å²) in [7, 11) is 0. The Morgan fingerprint density at radius 2 is 2.05 bits per heavy atom. The van der Waals surface area contributed by atoms with Gasteiger partial charge in [-0.3, -0.25) is 9.59 Å². The van der Waals surface area contributed by atoms with E-state index in [9.17, 15) is 9.59 Å². The Balaban J connectivity index is 2.02. The van der Waals surface area contributed by atoms with Crippen LogP contribution < -0.4 is 0 Å². The lowest BCUT2D eigenvalue weighted by molar-refractivity contribution is -0.144. The molecule has 2 rings (SSSR count). The summed E-state index contributed by atoms with van der Waals surface area (Å²) in [4.78, 5) is 26.2. The van der Waals surface area contributed by atoms with E-state index < -0.39 is 5.97 Å². The van der Waals surface area contributed by atoms with Crippen molar-refractivity contribution in [2.45, 2.75) is 44.8 Å². The van der Waals surface area contributed by atoms with Crippen molar-refractivity contribution in [3.63, 3.8) is 0 Å². The van der Waals surface area contributed by atoms with Gasteiger partial charge in [0.15, 0.2) is 0 Å². The van der Waals surface area contributed by atoms with Crippen LogP contribution in [0.1, 0.15) is 37.5 Å². The normalized spacial score (nSPS) is 23.8. The zero-order valence-corrected chi connectivity index (χ0v) is 13.1. The van der Waals surface area contributed by atoms with Crippen LogP contribution in [0.5, 0.6) is 0 Å². The maximum absolute atomic E-state index is 12.5. The number of carbonyl (C=O) groups excluding carboxylic acids is 1. The second-order valence-electron chi connectivity index (χ2n) is 5.57. The molecule has 1 aromatic heterocycles. The highest BCUT2D eigenvalue weighted by atomic mass is 32.1. The number of hydrogen-bond donors (Lipinski definition) is 1. The zero-order valence-electron chi connectivity index (χ0n) is 12.3. The van der Waals surface area contributed by atoms with Crippen LogP contribution in [-0.2, 0) is 14.3 Å². The van der Waals surface area contributed by atoms with Crippen molar-refractivity contribution in [2.75, 3.05) is 13.1 Å². The maximum atomic E-state index is 12.5. The maximum Gasteiger partial charge on any atom is 0.304 e. The van der Waals surface area contributed by atoms with Crippen LogP contribution in [0.15, 0.2) is 17.5 Å². The van der Waals surface area contributed by atoms with Gasteiger partial charge in [-0.2, -0.15) is 0 Å². The first kappa shape index (κ1) is 16.0. The van der Waals surface area contributed by atoms with Crippen LogP contribution in [0.25, 0.3) is 0 Å². The highest BCUT2D eigenvalue weighted by Crippen LogP contribution is 2.29. The minimum Gasteiger partial charge on any atom is -0.481 e. The van der Waals surface area contributed by atoms with Crippen LogP contribution in [0.4, 0.5) is 0 Å². The molecule has 5 nitrogen and oxygen atoms in total. The smallest absolute Gasteiger partial charge is 0.304 e. The molecule has 0 spiro atoms. The first-order valence-corrected chi connectivity index (χ1v) is 8.02. The van der Waals surface area contributed by atoms with Gasteiger partial charge in [-0.1, -0.05) is 6.07 Å². The minimum absolute atomic E-state index is 0.0108. The fourth-order valence-corrected chi connectivity index (χ4v) is 3.56. The van der Waals surface area contributed by atoms with Crippen molar-refractivity contribution in [3.8, 4) is 0 Å². The van der Waals surface area contributed by atoms with E-state index in [0.717, 1.165) is 4.88 Å². The number of carboxylic acid groups (broad SMARTS) is 1. The number of aliphatic carboxylic acids is 1. The van der Waals surface area contributed by atoms with Crippen molar-refractivity contribution >= 4 is 23.2 Å². The number of carboxylic acids is 1. The van der Waals surface area contributed by atoms with Gasteiger partial charge in [0.25, 0.3) is 0 Å². The average molecular weight is 311 g/mol. The van der Waals surface area contributed by atoms with Crippen molar-refractivity contribution in [2.24, 2.45) is 0 Å². The summed E-state index contributed by atoms with van der Waals surface area (Å²) in [6, 6.07) is 3.79. The van der Waals surface area contributed by atoms with Gasteiger partial charge in [-0.15, -0.1) is 11.3 Å². The number of morpholine rings is 1. The SMILES string of the molecule is C[C@@H]1CN(C(=O)C[C@@H](CC(=O)O)c2cccs2)C[C@@H](C)O1. The molecule has 3 atom stereocenters. The average Bonchev–Trinajstić information content (AvgIpc) is 2.89. The highest BCUT2D eigenvalue weighted by Gasteiger charge is 2.28. The fraction of sp³-hybridized carbons (Fsp3) is 0.600. The highest BCUT2D eigenvalue weighted by molar-refractivity contribution is 7.10. The van der Waals surface area contributed by atoms with Gasteiger partial charge in [0, 0.05) is 30.3 Å². The van der Waals surface area contributed by atoms with E-state index in [1.54, 1.807) is 4.90 Å². The molecule has 21 heavy (non-hydrogen) atoms. The largest absolute Gasteiger partial charge is 0.481 e. The molecule has 0 radical (unpaired) electrons. The second kappa shape index (κ2) is 7.04. The first-order valence-electron chi connectivity index (χ1n) is 7.14. The number of rotatable bonds is 5. The summed E-state index contributed by atoms with van der Waals surface area (Å²) >= 11 is 1.50. The molecule has 1 aliphatic rings. The molecule has 0 saturated carbocycles. The Morgan fingerprint density at radius 3 is 2.57 bits per heavy atom. The van der Waals surface area contributed by atoms with Crippen molar-refractivity contribution < 1.29 is 19.4 Å². The number of ether oxygens (including phenoxy) is 1. The zero-order chi connectivity index (χ0) is 15.4. The molecule has 0 unspecified atom stereocenters. The molecule has 2 heterocycles. The number of nitrogens with zero attached hydrogens (tertiary/aromatic N) is 1. The van der Waals surface area contributed by atoms with Gasteiger partial charge < -0.3 is 14.7 Å². The molecule has 0 bridgehead atoms. The van der Waals surface area contributed by atoms with Crippen molar-refractivity contribution in [1.29, 1.82) is 0 Å². The van der Waals surface area contributed by atoms with E-state index in [2.05, 4.69) is 0 Å². The van der Waals surface area contributed by atoms with E-state index in [-0.39, 0.29) is 36.9 Å². The predicted molar refractivity (Wildman–Crippen MR) is 80.5 cm³/mol. The molecule has 1 saturated heterocycles. The third-order valence-corrected chi connectivity index (χ3v) is 4.59. The predicted octanol–water partition coefficient (Wildman–Crippen LogP) is 2.33. The van der Waals surface area contributed by atoms with Gasteiger partial charge in [0.2, 0.25) is 5.91 Å². The van der Waals surface area contributed by atoms with E-state index in [4.69, 9.17) is 9.84 Å². The minimum atomic E-state index is -0.870. The topological polar surface area (TPSA) is 66.8 Å². The van der Waals surface area contributed by atoms with Crippen LogP contribution in [-0.4, -0.2) is 47.2 Å². The van der Waals surface area contributed by atoms with E-state index in [0.29, 0.717) is 13.1 Å². The van der Waals surface area contributed by atoms with E-state index >= 15 is 0 Å².